The van der Waals surface area contributed by atoms with Crippen molar-refractivity contribution in [3.63, 3.8) is 0 Å². The lowest BCUT2D eigenvalue weighted by Crippen LogP contribution is -2.37. The number of hydrogen-bond donors (Lipinski definition) is 1. The smallest absolute Gasteiger partial charge is 0.242 e. The van der Waals surface area contributed by atoms with Crippen LogP contribution in [0.15, 0.2) is 40.1 Å². The highest BCUT2D eigenvalue weighted by molar-refractivity contribution is 7.89. The summed E-state index contributed by atoms with van der Waals surface area (Å²) < 4.78 is 31.1. The van der Waals surface area contributed by atoms with Gasteiger partial charge in [0.15, 0.2) is 0 Å². The van der Waals surface area contributed by atoms with Crippen molar-refractivity contribution in [1.29, 1.82) is 0 Å². The fourth-order valence-electron chi connectivity index (χ4n) is 3.89. The summed E-state index contributed by atoms with van der Waals surface area (Å²) >= 11 is 2.98. The van der Waals surface area contributed by atoms with Crippen molar-refractivity contribution in [2.75, 3.05) is 13.1 Å². The van der Waals surface area contributed by atoms with E-state index in [0.717, 1.165) is 42.9 Å². The molecule has 0 bridgehead atoms. The van der Waals surface area contributed by atoms with Crippen molar-refractivity contribution in [2.24, 2.45) is 0 Å². The van der Waals surface area contributed by atoms with Crippen LogP contribution in [0.1, 0.15) is 49.2 Å². The Labute approximate surface area is 197 Å². The summed E-state index contributed by atoms with van der Waals surface area (Å²) in [5.74, 6) is 0.0109. The predicted molar refractivity (Wildman–Crippen MR) is 128 cm³/mol. The summed E-state index contributed by atoms with van der Waals surface area (Å²) in [5, 5.41) is 4.58. The molecule has 1 saturated heterocycles. The third-order valence-corrected chi connectivity index (χ3v) is 9.03. The Morgan fingerprint density at radius 3 is 2.66 bits per heavy atom. The monoisotopic (exact) mass is 492 g/mol. The number of piperidine rings is 1. The third-order valence-electron chi connectivity index (χ3n) is 5.63. The first-order valence-electron chi connectivity index (χ1n) is 10.8. The maximum Gasteiger partial charge on any atom is 0.242 e. The minimum atomic E-state index is -3.77. The number of amides is 1. The van der Waals surface area contributed by atoms with E-state index in [1.54, 1.807) is 16.8 Å². The summed E-state index contributed by atoms with van der Waals surface area (Å²) in [6.45, 7) is 5.48. The van der Waals surface area contributed by atoms with Gasteiger partial charge in [0, 0.05) is 35.2 Å². The minimum Gasteiger partial charge on any atom is -0.341 e. The Hall–Kier alpha value is -2.01. The number of rotatable bonds is 8. The largest absolute Gasteiger partial charge is 0.341 e. The number of sulfonamides is 1. The number of nitrogens with one attached hydrogen (secondary N) is 1. The zero-order chi connectivity index (χ0) is 22.7. The number of hydrogen-bond acceptors (Lipinski definition) is 6. The zero-order valence-electron chi connectivity index (χ0n) is 18.3. The summed E-state index contributed by atoms with van der Waals surface area (Å²) in [6.07, 6.45) is 5.39. The van der Waals surface area contributed by atoms with E-state index in [0.29, 0.717) is 17.1 Å². The highest BCUT2D eigenvalue weighted by Gasteiger charge is 2.26. The molecule has 32 heavy (non-hydrogen) atoms. The lowest BCUT2D eigenvalue weighted by Gasteiger charge is -2.27. The van der Waals surface area contributed by atoms with Gasteiger partial charge in [-0.05, 0) is 50.1 Å². The van der Waals surface area contributed by atoms with Gasteiger partial charge in [0.1, 0.15) is 16.4 Å². The summed E-state index contributed by atoms with van der Waals surface area (Å²) in [4.78, 5) is 20.5. The molecule has 4 rings (SSSR count). The highest BCUT2D eigenvalue weighted by atomic mass is 32.2. The number of thiazole rings is 1. The molecule has 1 amide bonds. The van der Waals surface area contributed by atoms with Crippen molar-refractivity contribution in [1.82, 2.24) is 19.2 Å². The fourth-order valence-corrected chi connectivity index (χ4v) is 6.99. The van der Waals surface area contributed by atoms with Gasteiger partial charge in [-0.25, -0.2) is 18.1 Å². The normalized spacial score (nSPS) is 15.8. The Morgan fingerprint density at radius 2 is 2.03 bits per heavy atom. The first-order chi connectivity index (χ1) is 15.4. The van der Waals surface area contributed by atoms with Crippen molar-refractivity contribution >= 4 is 38.6 Å². The molecule has 172 valence electrons. The van der Waals surface area contributed by atoms with Gasteiger partial charge < -0.3 is 9.47 Å². The maximum absolute atomic E-state index is 13.3. The van der Waals surface area contributed by atoms with E-state index in [1.165, 1.54) is 22.7 Å². The molecule has 3 aromatic rings. The van der Waals surface area contributed by atoms with E-state index in [1.807, 2.05) is 41.6 Å². The molecule has 1 fully saturated rings. The third kappa shape index (κ3) is 5.14. The SMILES string of the molecule is CC[C@H](NS(=O)(=O)c1cc(-c2nc(C)cs2)n(CC(=O)N2CCCCC2)c1)c1cccs1. The predicted octanol–water partition coefficient (Wildman–Crippen LogP) is 4.42. The lowest BCUT2D eigenvalue weighted by atomic mass is 10.1. The second kappa shape index (κ2) is 9.86. The molecule has 1 N–H and O–H groups in total. The molecule has 0 radical (unpaired) electrons. The molecule has 7 nitrogen and oxygen atoms in total. The molecule has 1 atom stereocenters. The highest BCUT2D eigenvalue weighted by Crippen LogP contribution is 2.30. The van der Waals surface area contributed by atoms with Crippen molar-refractivity contribution in [2.45, 2.75) is 57.0 Å². The summed E-state index contributed by atoms with van der Waals surface area (Å²) in [7, 11) is -3.77. The van der Waals surface area contributed by atoms with Gasteiger partial charge in [-0.3, -0.25) is 4.79 Å². The molecule has 0 aliphatic carbocycles. The number of carbonyl (C=O) groups is 1. The van der Waals surface area contributed by atoms with Crippen LogP contribution in [0, 0.1) is 6.92 Å². The van der Waals surface area contributed by atoms with Crippen LogP contribution in [0.2, 0.25) is 0 Å². The van der Waals surface area contributed by atoms with Crippen LogP contribution in [0.4, 0.5) is 0 Å². The van der Waals surface area contributed by atoms with E-state index < -0.39 is 10.0 Å². The number of aromatic nitrogens is 2. The van der Waals surface area contributed by atoms with Crippen LogP contribution in [-0.4, -0.2) is 41.9 Å². The Kier molecular flexibility index (Phi) is 7.14. The lowest BCUT2D eigenvalue weighted by molar-refractivity contribution is -0.132. The van der Waals surface area contributed by atoms with E-state index >= 15 is 0 Å². The van der Waals surface area contributed by atoms with E-state index in [-0.39, 0.29) is 23.4 Å². The number of thiophene rings is 1. The van der Waals surface area contributed by atoms with Gasteiger partial charge in [0.25, 0.3) is 0 Å². The molecule has 10 heteroatoms. The second-order valence-corrected chi connectivity index (χ2v) is 11.6. The van der Waals surface area contributed by atoms with Crippen molar-refractivity contribution < 1.29 is 13.2 Å². The molecule has 0 aromatic carbocycles. The van der Waals surface area contributed by atoms with Gasteiger partial charge in [-0.2, -0.15) is 0 Å². The molecular formula is C22H28N4O3S3. The number of nitrogens with zero attached hydrogens (tertiary/aromatic N) is 3. The van der Waals surface area contributed by atoms with Gasteiger partial charge in [-0.1, -0.05) is 13.0 Å². The fraction of sp³-hybridized carbons (Fsp3) is 0.455. The quantitative estimate of drug-likeness (QED) is 0.504. The van der Waals surface area contributed by atoms with Crippen molar-refractivity contribution in [3.05, 3.63) is 45.7 Å². The standard InChI is InChI=1S/C22H28N4O3S3/c1-3-18(20-8-7-11-30-20)24-32(28,29)17-12-19(22-23-16(2)15-31-22)26(13-17)14-21(27)25-9-5-4-6-10-25/h7-8,11-13,15,18,24H,3-6,9-10,14H2,1-2H3/t18-/m0/s1. The van der Waals surface area contributed by atoms with Crippen LogP contribution in [0.3, 0.4) is 0 Å². The maximum atomic E-state index is 13.3. The van der Waals surface area contributed by atoms with Crippen LogP contribution in [0.5, 0.6) is 0 Å². The number of likely N-dealkylation sites (tertiary alicyclic amines) is 1. The Morgan fingerprint density at radius 1 is 1.25 bits per heavy atom. The minimum absolute atomic E-state index is 0.0109. The van der Waals surface area contributed by atoms with Crippen LogP contribution in [0.25, 0.3) is 10.7 Å². The second-order valence-electron chi connectivity index (χ2n) is 8.02. The van der Waals surface area contributed by atoms with Gasteiger partial charge in [0.05, 0.1) is 11.7 Å². The van der Waals surface area contributed by atoms with Crippen molar-refractivity contribution in [3.8, 4) is 10.7 Å². The van der Waals surface area contributed by atoms with Gasteiger partial charge in [0.2, 0.25) is 15.9 Å². The molecular weight excluding hydrogens is 464 g/mol. The molecule has 3 aromatic heterocycles. The Bertz CT molecular complexity index is 1160. The Balaban J connectivity index is 1.64. The molecule has 1 aliphatic rings. The molecule has 0 saturated carbocycles. The average molecular weight is 493 g/mol. The van der Waals surface area contributed by atoms with Crippen LogP contribution < -0.4 is 4.72 Å². The van der Waals surface area contributed by atoms with Crippen LogP contribution >= 0.6 is 22.7 Å². The van der Waals surface area contributed by atoms with E-state index in [9.17, 15) is 13.2 Å². The van der Waals surface area contributed by atoms with E-state index in [2.05, 4.69) is 9.71 Å². The van der Waals surface area contributed by atoms with Gasteiger partial charge >= 0.3 is 0 Å². The number of carbonyl (C=O) groups excluding carboxylic acids is 1. The molecule has 0 unspecified atom stereocenters. The molecule has 1 aliphatic heterocycles. The first-order valence-corrected chi connectivity index (χ1v) is 14.1. The summed E-state index contributed by atoms with van der Waals surface area (Å²) in [5.41, 5.74) is 1.52. The number of aryl methyl sites for hydroxylation is 1. The topological polar surface area (TPSA) is 84.3 Å². The summed E-state index contributed by atoms with van der Waals surface area (Å²) in [6, 6.07) is 5.20. The first kappa shape index (κ1) is 23.2. The average Bonchev–Trinajstić information content (AvgIpc) is 3.54. The van der Waals surface area contributed by atoms with E-state index in [4.69, 9.17) is 0 Å². The molecule has 4 heterocycles. The molecule has 0 spiro atoms. The van der Waals surface area contributed by atoms with Gasteiger partial charge in [-0.15, -0.1) is 22.7 Å². The zero-order valence-corrected chi connectivity index (χ0v) is 20.7. The van der Waals surface area contributed by atoms with Crippen LogP contribution in [-0.2, 0) is 21.4 Å².